The Balaban J connectivity index is 1.45. The molecule has 4 rings (SSSR count). The third-order valence-corrected chi connectivity index (χ3v) is 7.06. The Kier molecular flexibility index (Phi) is 6.22. The van der Waals surface area contributed by atoms with Crippen LogP contribution in [0.2, 0.25) is 0 Å². The summed E-state index contributed by atoms with van der Waals surface area (Å²) in [5.41, 5.74) is 2.13. The summed E-state index contributed by atoms with van der Waals surface area (Å²) in [7, 11) is 1.64. The lowest BCUT2D eigenvalue weighted by molar-refractivity contribution is -0.119. The molecule has 0 radical (unpaired) electrons. The molecule has 168 valence electrons. The fourth-order valence-corrected chi connectivity index (χ4v) is 4.57. The third kappa shape index (κ3) is 4.36. The van der Waals surface area contributed by atoms with Crippen molar-refractivity contribution < 1.29 is 23.0 Å². The highest BCUT2D eigenvalue weighted by Crippen LogP contribution is 2.39. The molecule has 3 aromatic carbocycles. The first kappa shape index (κ1) is 22.3. The number of fused-ring (bicyclic) bond motifs is 2. The van der Waals surface area contributed by atoms with Crippen molar-refractivity contribution in [1.82, 2.24) is 0 Å². The quantitative estimate of drug-likeness (QED) is 0.484. The van der Waals surface area contributed by atoms with Gasteiger partial charge < -0.3 is 19.3 Å². The summed E-state index contributed by atoms with van der Waals surface area (Å²) in [6.45, 7) is 3.84. The Morgan fingerprint density at radius 1 is 1.09 bits per heavy atom. The largest absolute Gasteiger partial charge is 0.497 e. The summed E-state index contributed by atoms with van der Waals surface area (Å²) in [5, 5.41) is 4.51. The topological polar surface area (TPSA) is 84.9 Å². The molecule has 2 atom stereocenters. The van der Waals surface area contributed by atoms with Crippen molar-refractivity contribution >= 4 is 33.4 Å². The van der Waals surface area contributed by atoms with Crippen LogP contribution in [0.1, 0.15) is 31.4 Å². The zero-order valence-corrected chi connectivity index (χ0v) is 19.2. The van der Waals surface area contributed by atoms with Gasteiger partial charge in [0, 0.05) is 5.69 Å². The molecule has 0 aliphatic carbocycles. The van der Waals surface area contributed by atoms with Gasteiger partial charge in [0.1, 0.15) is 18.1 Å². The number of benzene rings is 3. The smallest absolute Gasteiger partial charge is 0.234 e. The van der Waals surface area contributed by atoms with Crippen LogP contribution >= 0.6 is 0 Å². The molecule has 2 unspecified atom stereocenters. The zero-order valence-electron chi connectivity index (χ0n) is 18.4. The maximum absolute atomic E-state index is 12.1. The Morgan fingerprint density at radius 3 is 2.62 bits per heavy atom. The summed E-state index contributed by atoms with van der Waals surface area (Å²) >= 11 is -2.02. The second kappa shape index (κ2) is 8.92. The van der Waals surface area contributed by atoms with E-state index in [1.807, 2.05) is 62.4 Å². The highest BCUT2D eigenvalue weighted by molar-refractivity contribution is 7.79. The number of aryl methyl sites for hydroxylation is 1. The van der Waals surface area contributed by atoms with Crippen LogP contribution in [0.3, 0.4) is 0 Å². The van der Waals surface area contributed by atoms with Gasteiger partial charge in [-0.2, -0.15) is 0 Å². The van der Waals surface area contributed by atoms with Crippen LogP contribution in [0.5, 0.6) is 11.5 Å². The Labute approximate surface area is 190 Å². The minimum absolute atomic E-state index is 0.0494. The number of hydrogen-bond acceptors (Lipinski definition) is 4. The van der Waals surface area contributed by atoms with E-state index in [2.05, 4.69) is 5.32 Å². The van der Waals surface area contributed by atoms with Crippen LogP contribution in [-0.4, -0.2) is 33.6 Å². The molecule has 7 heteroatoms. The summed E-state index contributed by atoms with van der Waals surface area (Å²) < 4.78 is 33.0. The fraction of sp³-hybridized carbons (Fsp3) is 0.320. The lowest BCUT2D eigenvalue weighted by Crippen LogP contribution is -2.27. The highest BCUT2D eigenvalue weighted by atomic mass is 32.2. The zero-order chi connectivity index (χ0) is 22.9. The molecule has 1 aliphatic heterocycles. The van der Waals surface area contributed by atoms with E-state index in [9.17, 15) is 13.6 Å². The van der Waals surface area contributed by atoms with E-state index in [1.54, 1.807) is 13.2 Å². The van der Waals surface area contributed by atoms with E-state index in [4.69, 9.17) is 9.47 Å². The van der Waals surface area contributed by atoms with Crippen molar-refractivity contribution in [2.45, 2.75) is 37.4 Å². The van der Waals surface area contributed by atoms with Crippen molar-refractivity contribution in [3.8, 4) is 11.5 Å². The van der Waals surface area contributed by atoms with Crippen LogP contribution < -0.4 is 14.8 Å². The van der Waals surface area contributed by atoms with Gasteiger partial charge in [-0.1, -0.05) is 24.3 Å². The van der Waals surface area contributed by atoms with Gasteiger partial charge >= 0.3 is 0 Å². The average Bonchev–Trinajstić information content (AvgIpc) is 3.01. The molecule has 1 amide bonds. The van der Waals surface area contributed by atoms with Crippen LogP contribution in [0.25, 0.3) is 10.8 Å². The first-order valence-corrected chi connectivity index (χ1v) is 11.7. The van der Waals surface area contributed by atoms with Crippen LogP contribution in [0.4, 0.5) is 5.69 Å². The number of amides is 1. The van der Waals surface area contributed by atoms with E-state index >= 15 is 0 Å². The molecule has 0 aromatic heterocycles. The third-order valence-electron chi connectivity index (χ3n) is 6.11. The predicted octanol–water partition coefficient (Wildman–Crippen LogP) is 4.68. The highest BCUT2D eigenvalue weighted by Gasteiger charge is 2.38. The maximum atomic E-state index is 12.1. The van der Waals surface area contributed by atoms with Gasteiger partial charge in [-0.3, -0.25) is 4.79 Å². The molecule has 0 spiro atoms. The predicted molar refractivity (Wildman–Crippen MR) is 127 cm³/mol. The van der Waals surface area contributed by atoms with E-state index in [0.29, 0.717) is 18.6 Å². The Morgan fingerprint density at radius 2 is 1.88 bits per heavy atom. The second-order valence-corrected chi connectivity index (χ2v) is 9.76. The summed E-state index contributed by atoms with van der Waals surface area (Å²) in [5.74, 6) is 1.33. The molecule has 0 bridgehead atoms. The lowest BCUT2D eigenvalue weighted by atomic mass is 9.86. The number of rotatable bonds is 8. The van der Waals surface area contributed by atoms with E-state index < -0.39 is 21.7 Å². The standard InChI is InChI=1S/C25H27NO5S/c1-25(2)22-14-19(9-12-23(22)26-24(25)27)31-15-20(32(28)29)10-7-16-5-4-6-17-13-18(30-3)8-11-21(16)17/h4-6,8-9,11-14,20H,7,10,15H2,1-3H3,(H,26,27)(H,28,29). The summed E-state index contributed by atoms with van der Waals surface area (Å²) in [6, 6.07) is 17.4. The molecule has 0 fully saturated rings. The van der Waals surface area contributed by atoms with Crippen molar-refractivity contribution in [2.24, 2.45) is 0 Å². The fourth-order valence-electron chi connectivity index (χ4n) is 4.06. The minimum Gasteiger partial charge on any atom is -0.497 e. The van der Waals surface area contributed by atoms with Crippen molar-refractivity contribution in [3.05, 3.63) is 65.7 Å². The van der Waals surface area contributed by atoms with E-state index in [0.717, 1.165) is 33.3 Å². The molecule has 2 N–H and O–H groups in total. The SMILES string of the molecule is COc1ccc2c(CCC(COc3ccc4c(c3)C(C)(C)C(=O)N4)S(=O)O)cccc2c1. The average molecular weight is 454 g/mol. The number of hydrogen-bond donors (Lipinski definition) is 2. The molecule has 1 aliphatic rings. The van der Waals surface area contributed by atoms with Gasteiger partial charge in [0.2, 0.25) is 5.91 Å². The summed E-state index contributed by atoms with van der Waals surface area (Å²) in [6.07, 6.45) is 1.16. The van der Waals surface area contributed by atoms with Crippen molar-refractivity contribution in [3.63, 3.8) is 0 Å². The Bertz CT molecular complexity index is 1190. The van der Waals surface area contributed by atoms with E-state index in [-0.39, 0.29) is 12.5 Å². The van der Waals surface area contributed by atoms with Gasteiger partial charge in [-0.05, 0) is 78.9 Å². The van der Waals surface area contributed by atoms with Gasteiger partial charge in [0.15, 0.2) is 11.1 Å². The number of ether oxygens (including phenoxy) is 2. The summed E-state index contributed by atoms with van der Waals surface area (Å²) in [4.78, 5) is 12.1. The van der Waals surface area contributed by atoms with Gasteiger partial charge in [0.05, 0.1) is 17.8 Å². The van der Waals surface area contributed by atoms with Gasteiger partial charge in [-0.25, -0.2) is 4.21 Å². The van der Waals surface area contributed by atoms with Crippen LogP contribution in [-0.2, 0) is 27.7 Å². The molecule has 3 aromatic rings. The number of anilines is 1. The molecular formula is C25H27NO5S. The maximum Gasteiger partial charge on any atom is 0.234 e. The first-order valence-electron chi connectivity index (χ1n) is 10.5. The van der Waals surface area contributed by atoms with Crippen molar-refractivity contribution in [1.29, 1.82) is 0 Å². The molecule has 0 saturated carbocycles. The lowest BCUT2D eigenvalue weighted by Gasteiger charge is -2.18. The van der Waals surface area contributed by atoms with Crippen LogP contribution in [0.15, 0.2) is 54.6 Å². The Hall–Kier alpha value is -2.90. The number of carbonyl (C=O) groups is 1. The monoisotopic (exact) mass is 453 g/mol. The van der Waals surface area contributed by atoms with Crippen LogP contribution in [0, 0.1) is 0 Å². The van der Waals surface area contributed by atoms with Gasteiger partial charge in [0.25, 0.3) is 0 Å². The molecule has 6 nitrogen and oxygen atoms in total. The van der Waals surface area contributed by atoms with Crippen molar-refractivity contribution in [2.75, 3.05) is 19.0 Å². The number of carbonyl (C=O) groups excluding carboxylic acids is 1. The minimum atomic E-state index is -2.02. The normalized spacial score (nSPS) is 16.3. The molecule has 0 saturated heterocycles. The number of nitrogens with one attached hydrogen (secondary N) is 1. The molecule has 1 heterocycles. The molecular weight excluding hydrogens is 426 g/mol. The number of methoxy groups -OCH3 is 1. The van der Waals surface area contributed by atoms with E-state index in [1.165, 1.54) is 0 Å². The first-order chi connectivity index (χ1) is 15.3. The molecule has 32 heavy (non-hydrogen) atoms. The van der Waals surface area contributed by atoms with Gasteiger partial charge in [-0.15, -0.1) is 0 Å². The second-order valence-electron chi connectivity index (χ2n) is 8.54.